The number of ether oxygens (including phenoxy) is 4. The van der Waals surface area contributed by atoms with Gasteiger partial charge in [-0.3, -0.25) is 9.36 Å². The van der Waals surface area contributed by atoms with Crippen molar-refractivity contribution in [2.75, 3.05) is 32.6 Å². The summed E-state index contributed by atoms with van der Waals surface area (Å²) >= 11 is 0.881. The van der Waals surface area contributed by atoms with Crippen LogP contribution in [0.2, 0.25) is 0 Å². The van der Waals surface area contributed by atoms with Gasteiger partial charge in [0.05, 0.1) is 24.0 Å². The largest absolute Gasteiger partial charge is 0.488 e. The Morgan fingerprint density at radius 2 is 1.50 bits per heavy atom. The Labute approximate surface area is 338 Å². The summed E-state index contributed by atoms with van der Waals surface area (Å²) < 4.78 is 80.1. The molecule has 0 spiro atoms. The van der Waals surface area contributed by atoms with Crippen LogP contribution in [0, 0.1) is 17.1 Å². The first-order chi connectivity index (χ1) is 28.0. The number of rotatable bonds is 19. The number of hydrogen-bond donors (Lipinski definition) is 4. The second-order valence-electron chi connectivity index (χ2n) is 12.6. The minimum absolute atomic E-state index is 0.000444. The lowest BCUT2D eigenvalue weighted by Crippen LogP contribution is -2.28. The van der Waals surface area contributed by atoms with Gasteiger partial charge in [-0.1, -0.05) is 66.7 Å². The van der Waals surface area contributed by atoms with Crippen LogP contribution in [0.25, 0.3) is 10.1 Å². The number of hydrogen-bond acceptors (Lipinski definition) is 11. The number of amides is 1. The summed E-state index contributed by atoms with van der Waals surface area (Å²) in [7, 11) is -8.70. The molecule has 6 aromatic rings. The van der Waals surface area contributed by atoms with Gasteiger partial charge in [0.15, 0.2) is 23.0 Å². The molecule has 0 aliphatic carbocycles. The third kappa shape index (κ3) is 10.6. The first-order valence-electron chi connectivity index (χ1n) is 17.8. The van der Waals surface area contributed by atoms with E-state index in [9.17, 15) is 27.1 Å². The Hall–Kier alpha value is -5.79. The van der Waals surface area contributed by atoms with Gasteiger partial charge in [0.25, 0.3) is 15.9 Å². The van der Waals surface area contributed by atoms with Crippen LogP contribution in [-0.4, -0.2) is 51.8 Å². The molecule has 1 heterocycles. The van der Waals surface area contributed by atoms with Crippen molar-refractivity contribution in [3.05, 3.63) is 143 Å². The number of para-hydroxylation sites is 1. The van der Waals surface area contributed by atoms with Crippen molar-refractivity contribution in [3.63, 3.8) is 0 Å². The van der Waals surface area contributed by atoms with Crippen molar-refractivity contribution < 1.29 is 46.0 Å². The van der Waals surface area contributed by atoms with Crippen LogP contribution in [-0.2, 0) is 27.8 Å². The molecule has 17 heteroatoms. The zero-order valence-electron chi connectivity index (χ0n) is 30.8. The van der Waals surface area contributed by atoms with Gasteiger partial charge in [-0.15, -0.1) is 11.3 Å². The number of nitriles is 1. The topological polar surface area (TPSA) is 199 Å². The monoisotopic (exact) mass is 844 g/mol. The molecule has 0 fully saturated rings. The minimum atomic E-state index is -4.39. The van der Waals surface area contributed by atoms with Crippen molar-refractivity contribution in [2.45, 2.75) is 17.4 Å². The molecule has 0 saturated heterocycles. The van der Waals surface area contributed by atoms with Gasteiger partial charge in [-0.05, 0) is 59.0 Å². The van der Waals surface area contributed by atoms with Crippen molar-refractivity contribution in [1.29, 1.82) is 5.26 Å². The number of nitrogens with one attached hydrogen (secondary N) is 2. The minimum Gasteiger partial charge on any atom is -0.488 e. The molecule has 0 bridgehead atoms. The maximum Gasteiger partial charge on any atom is 0.255 e. The normalized spacial score (nSPS) is 12.3. The molecule has 58 heavy (non-hydrogen) atoms. The summed E-state index contributed by atoms with van der Waals surface area (Å²) in [6.07, 6.45) is -0.911. The van der Waals surface area contributed by atoms with Gasteiger partial charge in [0, 0.05) is 22.6 Å². The first-order valence-corrected chi connectivity index (χ1v) is 21.9. The fourth-order valence-corrected chi connectivity index (χ4v) is 9.84. The fourth-order valence-electron chi connectivity index (χ4n) is 5.54. The van der Waals surface area contributed by atoms with Gasteiger partial charge < -0.3 is 34.9 Å². The molecule has 1 atom stereocenters. The molecular formula is C41H38FN4O9PS2. The van der Waals surface area contributed by atoms with E-state index in [2.05, 4.69) is 10.0 Å². The zero-order valence-corrected chi connectivity index (χ0v) is 33.3. The van der Waals surface area contributed by atoms with E-state index >= 15 is 0 Å². The summed E-state index contributed by atoms with van der Waals surface area (Å²) in [5.41, 5.74) is 7.47. The molecule has 300 valence electrons. The van der Waals surface area contributed by atoms with Crippen LogP contribution in [0.5, 0.6) is 23.0 Å². The van der Waals surface area contributed by atoms with E-state index in [1.807, 2.05) is 60.7 Å². The summed E-state index contributed by atoms with van der Waals surface area (Å²) in [4.78, 5) is 24.1. The molecule has 1 aromatic heterocycles. The van der Waals surface area contributed by atoms with Crippen LogP contribution in [0.1, 0.15) is 27.0 Å². The highest BCUT2D eigenvalue weighted by molar-refractivity contribution is 7.92. The van der Waals surface area contributed by atoms with Gasteiger partial charge in [-0.25, -0.2) is 17.5 Å². The number of halogens is 1. The van der Waals surface area contributed by atoms with Crippen molar-refractivity contribution in [1.82, 2.24) is 10.0 Å². The molecule has 0 radical (unpaired) electrons. The van der Waals surface area contributed by atoms with Crippen LogP contribution < -0.4 is 40.0 Å². The average Bonchev–Trinajstić information content (AvgIpc) is 3.67. The standard InChI is InChI=1S/C41H38FN4O9PS2/c42-34-22-32(15-14-30(34)24-44)56(48,49)27-46-58(50,51)39-21-31-20-36(52-18-16-43)37(23-38(31)57-39)53-19-17-45-41(47)33-12-7-13-35(54-25-28-8-3-1-4-9-28)40(33)55-26-29-10-5-2-6-11-29/h1-15,20-23,46H,16-19,25-27,43H2,(H,45,47)(H,48,49). The van der Waals surface area contributed by atoms with E-state index in [0.29, 0.717) is 15.8 Å². The number of thiophene rings is 1. The third-order valence-corrected chi connectivity index (χ3v) is 13.3. The maximum absolute atomic E-state index is 14.1. The van der Waals surface area contributed by atoms with Gasteiger partial charge in [0.2, 0.25) is 7.37 Å². The Balaban J connectivity index is 1.13. The fraction of sp³-hybridized carbons (Fsp3) is 0.171. The molecule has 6 rings (SSSR count). The summed E-state index contributed by atoms with van der Waals surface area (Å²) in [5.74, 6) is -0.196. The lowest BCUT2D eigenvalue weighted by molar-refractivity contribution is 0.0941. The number of carbonyl (C=O) groups excluding carboxylic acids is 1. The highest BCUT2D eigenvalue weighted by Gasteiger charge is 2.28. The van der Waals surface area contributed by atoms with E-state index in [0.717, 1.165) is 40.7 Å². The second-order valence-corrected chi connectivity index (χ2v) is 17.9. The van der Waals surface area contributed by atoms with Gasteiger partial charge in [-0.2, -0.15) is 5.26 Å². The summed E-state index contributed by atoms with van der Waals surface area (Å²) in [6, 6.07) is 33.3. The summed E-state index contributed by atoms with van der Waals surface area (Å²) in [5, 5.41) is 11.9. The molecule has 0 saturated carbocycles. The summed E-state index contributed by atoms with van der Waals surface area (Å²) in [6.45, 7) is 0.855. The highest BCUT2D eigenvalue weighted by Crippen LogP contribution is 2.41. The Morgan fingerprint density at radius 1 is 0.828 bits per heavy atom. The average molecular weight is 845 g/mol. The SMILES string of the molecule is N#Cc1ccc(P(=O)(O)CNS(=O)(=O)c2cc3cc(OCCN)c(OCCNC(=O)c4cccc(OCc5ccccc5)c4OCc4ccccc4)cc3s2)cc1F. The van der Waals surface area contributed by atoms with Crippen molar-refractivity contribution in [3.8, 4) is 29.1 Å². The maximum atomic E-state index is 14.1. The molecule has 1 unspecified atom stereocenters. The number of nitrogens with two attached hydrogens (primary N) is 1. The Bertz CT molecular complexity index is 2590. The number of benzene rings is 5. The number of nitrogens with zero attached hydrogens (tertiary/aromatic N) is 1. The second kappa shape index (κ2) is 19.1. The quantitative estimate of drug-likeness (QED) is 0.0547. The smallest absolute Gasteiger partial charge is 0.255 e. The van der Waals surface area contributed by atoms with Gasteiger partial charge in [0.1, 0.15) is 42.5 Å². The molecule has 1 amide bonds. The highest BCUT2D eigenvalue weighted by atomic mass is 32.2. The van der Waals surface area contributed by atoms with Crippen LogP contribution in [0.4, 0.5) is 4.39 Å². The Kier molecular flexibility index (Phi) is 13.8. The predicted octanol–water partition coefficient (Wildman–Crippen LogP) is 6.05. The van der Waals surface area contributed by atoms with E-state index < -0.39 is 35.4 Å². The van der Waals surface area contributed by atoms with E-state index in [4.69, 9.17) is 29.9 Å². The number of sulfonamides is 1. The van der Waals surface area contributed by atoms with E-state index in [-0.39, 0.29) is 77.4 Å². The predicted molar refractivity (Wildman–Crippen MR) is 218 cm³/mol. The molecule has 5 aromatic carbocycles. The van der Waals surface area contributed by atoms with Crippen molar-refractivity contribution in [2.24, 2.45) is 5.73 Å². The first kappa shape index (κ1) is 41.8. The van der Waals surface area contributed by atoms with E-state index in [1.54, 1.807) is 36.4 Å². The zero-order chi connectivity index (χ0) is 41.1. The molecule has 13 nitrogen and oxygen atoms in total. The van der Waals surface area contributed by atoms with Gasteiger partial charge >= 0.3 is 0 Å². The lowest BCUT2D eigenvalue weighted by atomic mass is 10.1. The number of carbonyl (C=O) groups is 1. The number of fused-ring (bicyclic) bond motifs is 1. The van der Waals surface area contributed by atoms with Crippen LogP contribution in [0.15, 0.2) is 119 Å². The Morgan fingerprint density at radius 3 is 2.17 bits per heavy atom. The molecule has 5 N–H and O–H groups in total. The third-order valence-electron chi connectivity index (χ3n) is 8.48. The van der Waals surface area contributed by atoms with Crippen LogP contribution >= 0.6 is 18.7 Å². The lowest BCUT2D eigenvalue weighted by Gasteiger charge is -2.17. The molecule has 0 aliphatic rings. The van der Waals surface area contributed by atoms with Crippen molar-refractivity contribution >= 4 is 50.0 Å². The molecular weight excluding hydrogens is 807 g/mol. The molecule has 0 aliphatic heterocycles. The van der Waals surface area contributed by atoms with Crippen LogP contribution in [0.3, 0.4) is 0 Å². The van der Waals surface area contributed by atoms with E-state index in [1.165, 1.54) is 6.07 Å².